The molecule has 3 aliphatic rings. The van der Waals surface area contributed by atoms with E-state index in [1.54, 1.807) is 0 Å². The fraction of sp³-hybridized carbons (Fsp3) is 0.619. The van der Waals surface area contributed by atoms with Crippen LogP contribution in [0, 0.1) is 11.8 Å². The van der Waals surface area contributed by atoms with Crippen LogP contribution >= 0.6 is 11.6 Å². The number of carbonyl (C=O) groups excluding carboxylic acids is 1. The molecule has 2 aliphatic carbocycles. The van der Waals surface area contributed by atoms with Gasteiger partial charge < -0.3 is 5.32 Å². The van der Waals surface area contributed by atoms with Crippen molar-refractivity contribution in [3.8, 4) is 0 Å². The van der Waals surface area contributed by atoms with Gasteiger partial charge >= 0.3 is 6.18 Å². The van der Waals surface area contributed by atoms with E-state index in [0.29, 0.717) is 11.8 Å². The highest BCUT2D eigenvalue weighted by molar-refractivity contribution is 6.33. The van der Waals surface area contributed by atoms with Crippen LogP contribution in [0.5, 0.6) is 0 Å². The molecule has 164 valence electrons. The number of alkyl halides is 3. The molecular weight excluding hydrogens is 417 g/mol. The van der Waals surface area contributed by atoms with Crippen molar-refractivity contribution in [2.45, 2.75) is 63.3 Å². The zero-order valence-electron chi connectivity index (χ0n) is 16.6. The molecule has 0 spiro atoms. The topological polar surface area (TPSA) is 65.5 Å². The number of nitrogens with one attached hydrogen (secondary N) is 3. The van der Waals surface area contributed by atoms with Gasteiger partial charge in [0.2, 0.25) is 0 Å². The van der Waals surface area contributed by atoms with Crippen LogP contribution in [0.25, 0.3) is 0 Å². The highest BCUT2D eigenvalue weighted by Gasteiger charge is 2.33. The van der Waals surface area contributed by atoms with Crippen molar-refractivity contribution in [3.05, 3.63) is 34.3 Å². The normalized spacial score (nSPS) is 26.8. The molecule has 2 fully saturated rings. The van der Waals surface area contributed by atoms with E-state index < -0.39 is 17.6 Å². The van der Waals surface area contributed by atoms with Gasteiger partial charge in [0, 0.05) is 18.2 Å². The number of hydrogen-bond donors (Lipinski definition) is 3. The molecule has 9 heteroatoms. The number of halogens is 4. The molecule has 1 amide bonds. The smallest absolute Gasteiger partial charge is 0.349 e. The lowest BCUT2D eigenvalue weighted by molar-refractivity contribution is -0.137. The first kappa shape index (κ1) is 21.4. The molecule has 0 radical (unpaired) electrons. The van der Waals surface area contributed by atoms with Gasteiger partial charge in [0.25, 0.3) is 5.91 Å². The first-order valence-electron chi connectivity index (χ1n) is 10.5. The SMILES string of the molecule is O=C(NC1CCC(CNC2CC(C3CC3)=NN2)CC1)c1cc(C(F)(F)F)ccc1Cl. The predicted octanol–water partition coefficient (Wildman–Crippen LogP) is 4.32. The molecule has 1 atom stereocenters. The number of amides is 1. The molecule has 0 aromatic heterocycles. The van der Waals surface area contributed by atoms with E-state index in [-0.39, 0.29) is 22.8 Å². The van der Waals surface area contributed by atoms with E-state index in [4.69, 9.17) is 11.6 Å². The quantitative estimate of drug-likeness (QED) is 0.614. The maximum Gasteiger partial charge on any atom is 0.416 e. The average molecular weight is 443 g/mol. The molecule has 4 rings (SSSR count). The Kier molecular flexibility index (Phi) is 6.25. The van der Waals surface area contributed by atoms with Gasteiger partial charge in [0.05, 0.1) is 22.3 Å². The summed E-state index contributed by atoms with van der Waals surface area (Å²) in [5.41, 5.74) is 3.45. The summed E-state index contributed by atoms with van der Waals surface area (Å²) in [5.74, 6) is 0.656. The zero-order chi connectivity index (χ0) is 21.3. The first-order chi connectivity index (χ1) is 14.3. The fourth-order valence-corrected chi connectivity index (χ4v) is 4.42. The van der Waals surface area contributed by atoms with Crippen LogP contribution in [-0.4, -0.2) is 30.4 Å². The van der Waals surface area contributed by atoms with Crippen LogP contribution in [0.15, 0.2) is 23.3 Å². The van der Waals surface area contributed by atoms with Gasteiger partial charge in [0.1, 0.15) is 0 Å². The van der Waals surface area contributed by atoms with Crippen LogP contribution < -0.4 is 16.1 Å². The number of hydrazone groups is 1. The van der Waals surface area contributed by atoms with Crippen molar-refractivity contribution in [1.29, 1.82) is 0 Å². The van der Waals surface area contributed by atoms with E-state index in [1.807, 2.05) is 0 Å². The van der Waals surface area contributed by atoms with Crippen LogP contribution in [0.2, 0.25) is 5.02 Å². The molecule has 1 unspecified atom stereocenters. The predicted molar refractivity (Wildman–Crippen MR) is 109 cm³/mol. The van der Waals surface area contributed by atoms with Crippen molar-refractivity contribution in [1.82, 2.24) is 16.1 Å². The van der Waals surface area contributed by atoms with Gasteiger partial charge in [-0.3, -0.25) is 15.5 Å². The largest absolute Gasteiger partial charge is 0.416 e. The van der Waals surface area contributed by atoms with Gasteiger partial charge in [0.15, 0.2) is 0 Å². The molecule has 5 nitrogen and oxygen atoms in total. The molecule has 1 aromatic rings. The zero-order valence-corrected chi connectivity index (χ0v) is 17.3. The summed E-state index contributed by atoms with van der Waals surface area (Å²) >= 11 is 5.97. The molecule has 0 bridgehead atoms. The lowest BCUT2D eigenvalue weighted by Crippen LogP contribution is -2.42. The van der Waals surface area contributed by atoms with Gasteiger partial charge in [-0.05, 0) is 75.1 Å². The summed E-state index contributed by atoms with van der Waals surface area (Å²) in [7, 11) is 0. The van der Waals surface area contributed by atoms with E-state index >= 15 is 0 Å². The Labute approximate surface area is 178 Å². The Morgan fingerprint density at radius 2 is 1.90 bits per heavy atom. The van der Waals surface area contributed by atoms with Crippen molar-refractivity contribution in [2.75, 3.05) is 6.54 Å². The Morgan fingerprint density at radius 3 is 2.57 bits per heavy atom. The summed E-state index contributed by atoms with van der Waals surface area (Å²) in [4.78, 5) is 12.5. The van der Waals surface area contributed by atoms with Crippen LogP contribution in [-0.2, 0) is 6.18 Å². The van der Waals surface area contributed by atoms with Gasteiger partial charge in [-0.15, -0.1) is 0 Å². The molecule has 1 heterocycles. The Morgan fingerprint density at radius 1 is 1.17 bits per heavy atom. The van der Waals surface area contributed by atoms with E-state index in [0.717, 1.165) is 56.8 Å². The van der Waals surface area contributed by atoms with Crippen molar-refractivity contribution in [3.63, 3.8) is 0 Å². The lowest BCUT2D eigenvalue weighted by atomic mass is 9.85. The second kappa shape index (κ2) is 8.75. The van der Waals surface area contributed by atoms with Gasteiger partial charge in [-0.25, -0.2) is 0 Å². The second-order valence-corrected chi connectivity index (χ2v) is 8.96. The third kappa shape index (κ3) is 5.27. The Balaban J connectivity index is 1.21. The van der Waals surface area contributed by atoms with Crippen LogP contribution in [0.4, 0.5) is 13.2 Å². The number of carbonyl (C=O) groups is 1. The average Bonchev–Trinajstić information content (AvgIpc) is 3.45. The Hall–Kier alpha value is -1.80. The molecule has 2 saturated carbocycles. The molecule has 1 aliphatic heterocycles. The Bertz CT molecular complexity index is 817. The van der Waals surface area contributed by atoms with Crippen molar-refractivity contribution in [2.24, 2.45) is 16.9 Å². The first-order valence-corrected chi connectivity index (χ1v) is 10.9. The minimum Gasteiger partial charge on any atom is -0.349 e. The van der Waals surface area contributed by atoms with Gasteiger partial charge in [-0.1, -0.05) is 11.6 Å². The second-order valence-electron chi connectivity index (χ2n) is 8.55. The number of nitrogens with zero attached hydrogens (tertiary/aromatic N) is 1. The summed E-state index contributed by atoms with van der Waals surface area (Å²) in [6.45, 7) is 0.894. The number of rotatable bonds is 6. The molecule has 1 aromatic carbocycles. The van der Waals surface area contributed by atoms with Crippen LogP contribution in [0.3, 0.4) is 0 Å². The van der Waals surface area contributed by atoms with Crippen LogP contribution in [0.1, 0.15) is 60.9 Å². The third-order valence-corrected chi connectivity index (χ3v) is 6.53. The summed E-state index contributed by atoms with van der Waals surface area (Å²) < 4.78 is 38.8. The standard InChI is InChI=1S/C21H26ClF3N4O/c22-17-8-5-14(21(23,24)25)9-16(17)20(30)27-15-6-1-12(2-7-15)11-26-19-10-18(28-29-19)13-3-4-13/h5,8-9,12-13,15,19,26,29H,1-4,6-7,10-11H2,(H,27,30). The lowest BCUT2D eigenvalue weighted by Gasteiger charge is -2.30. The van der Waals surface area contributed by atoms with Crippen molar-refractivity contribution >= 4 is 23.2 Å². The molecule has 3 N–H and O–H groups in total. The third-order valence-electron chi connectivity index (χ3n) is 6.20. The minimum atomic E-state index is -4.51. The summed E-state index contributed by atoms with van der Waals surface area (Å²) in [6.07, 6.45) is 2.70. The maximum absolute atomic E-state index is 12.9. The van der Waals surface area contributed by atoms with Crippen molar-refractivity contribution < 1.29 is 18.0 Å². The van der Waals surface area contributed by atoms with E-state index in [2.05, 4.69) is 21.2 Å². The van der Waals surface area contributed by atoms with E-state index in [9.17, 15) is 18.0 Å². The highest BCUT2D eigenvalue weighted by atomic mass is 35.5. The molecule has 30 heavy (non-hydrogen) atoms. The highest BCUT2D eigenvalue weighted by Crippen LogP contribution is 2.34. The minimum absolute atomic E-state index is 0.0234. The monoisotopic (exact) mass is 442 g/mol. The van der Waals surface area contributed by atoms with E-state index in [1.165, 1.54) is 18.6 Å². The van der Waals surface area contributed by atoms with Gasteiger partial charge in [-0.2, -0.15) is 18.3 Å². The molecular formula is C21H26ClF3N4O. The maximum atomic E-state index is 12.9. The number of hydrogen-bond acceptors (Lipinski definition) is 4. The number of benzene rings is 1. The summed E-state index contributed by atoms with van der Waals surface area (Å²) in [5, 5.41) is 10.8. The molecule has 0 saturated heterocycles. The fourth-order valence-electron chi connectivity index (χ4n) is 4.21. The summed E-state index contributed by atoms with van der Waals surface area (Å²) in [6, 6.07) is 2.78.